The third-order valence-corrected chi connectivity index (χ3v) is 2.41. The van der Waals surface area contributed by atoms with Crippen LogP contribution in [0.5, 0.6) is 0 Å². The zero-order valence-electron chi connectivity index (χ0n) is 11.6. The van der Waals surface area contributed by atoms with E-state index >= 15 is 0 Å². The minimum atomic E-state index is -1.55. The van der Waals surface area contributed by atoms with Gasteiger partial charge in [-0.05, 0) is 0 Å². The normalized spacial score (nSPS) is 14.1. The summed E-state index contributed by atoms with van der Waals surface area (Å²) in [6.07, 6.45) is -3.32. The number of esters is 2. The predicted molar refractivity (Wildman–Crippen MR) is 67.4 cm³/mol. The van der Waals surface area contributed by atoms with E-state index < -0.39 is 42.3 Å². The first-order chi connectivity index (χ1) is 9.87. The van der Waals surface area contributed by atoms with E-state index in [1.54, 1.807) is 0 Å². The summed E-state index contributed by atoms with van der Waals surface area (Å²) in [5, 5.41) is 27.2. The maximum absolute atomic E-state index is 11.5. The van der Waals surface area contributed by atoms with Crippen molar-refractivity contribution in [3.8, 4) is 0 Å². The van der Waals surface area contributed by atoms with Crippen LogP contribution in [-0.4, -0.2) is 66.1 Å². The van der Waals surface area contributed by atoms with Gasteiger partial charge in [0, 0.05) is 7.11 Å². The van der Waals surface area contributed by atoms with Gasteiger partial charge in [-0.1, -0.05) is 0 Å². The van der Waals surface area contributed by atoms with Gasteiger partial charge in [0.15, 0.2) is 11.9 Å². The molecule has 9 nitrogen and oxygen atoms in total. The number of carbonyl (C=O) groups excluding carboxylic acids is 3. The van der Waals surface area contributed by atoms with Gasteiger partial charge in [0.2, 0.25) is 5.78 Å². The zero-order chi connectivity index (χ0) is 16.4. The number of aliphatic hydroxyl groups is 3. The second-order valence-electron chi connectivity index (χ2n) is 3.86. The van der Waals surface area contributed by atoms with E-state index in [-0.39, 0.29) is 19.1 Å². The molecule has 3 N–H and O–H groups in total. The molecule has 0 bridgehead atoms. The van der Waals surface area contributed by atoms with Crippen LogP contribution in [0.15, 0.2) is 12.0 Å². The molecule has 0 fully saturated rings. The largest absolute Gasteiger partial charge is 0.512 e. The zero-order valence-corrected chi connectivity index (χ0v) is 11.6. The van der Waals surface area contributed by atoms with Gasteiger partial charge in [-0.2, -0.15) is 0 Å². The van der Waals surface area contributed by atoms with Gasteiger partial charge in [-0.3, -0.25) is 14.4 Å². The Hall–Kier alpha value is -2.13. The molecule has 21 heavy (non-hydrogen) atoms. The van der Waals surface area contributed by atoms with Gasteiger partial charge >= 0.3 is 11.9 Å². The minimum Gasteiger partial charge on any atom is -0.512 e. The average Bonchev–Trinajstić information content (AvgIpc) is 2.49. The number of Topliss-reactive ketones (excluding diaryl/α,β-unsaturated/α-hetero) is 1. The predicted octanol–water partition coefficient (Wildman–Crippen LogP) is -0.615. The highest BCUT2D eigenvalue weighted by molar-refractivity contribution is 5.96. The standard InChI is InChI=1S/C12H18O9/c1-19-9(16)3-4-10(17)21-6-8(15)12(20-2)11(18)7(14)5-13/h5,8,12-15H,3-4,6H2,1-2H3/b7-5-. The van der Waals surface area contributed by atoms with Crippen LogP contribution in [0.4, 0.5) is 0 Å². The monoisotopic (exact) mass is 306 g/mol. The number of carbonyl (C=O) groups is 3. The number of hydrogen-bond acceptors (Lipinski definition) is 9. The number of ketones is 1. The first-order valence-corrected chi connectivity index (χ1v) is 5.88. The highest BCUT2D eigenvalue weighted by Crippen LogP contribution is 2.07. The summed E-state index contributed by atoms with van der Waals surface area (Å²) in [4.78, 5) is 33.6. The average molecular weight is 306 g/mol. The number of methoxy groups -OCH3 is 2. The second-order valence-corrected chi connectivity index (χ2v) is 3.86. The lowest BCUT2D eigenvalue weighted by Crippen LogP contribution is -2.40. The second kappa shape index (κ2) is 9.72. The molecule has 0 spiro atoms. The molecule has 9 heteroatoms. The van der Waals surface area contributed by atoms with Crippen molar-refractivity contribution in [3.05, 3.63) is 12.0 Å². The summed E-state index contributed by atoms with van der Waals surface area (Å²) >= 11 is 0. The number of rotatable bonds is 9. The van der Waals surface area contributed by atoms with Crippen LogP contribution in [0, 0.1) is 0 Å². The lowest BCUT2D eigenvalue weighted by Gasteiger charge is -2.19. The van der Waals surface area contributed by atoms with Crippen LogP contribution in [0.3, 0.4) is 0 Å². The first-order valence-electron chi connectivity index (χ1n) is 5.88. The van der Waals surface area contributed by atoms with Gasteiger partial charge in [-0.25, -0.2) is 0 Å². The molecule has 0 heterocycles. The Balaban J connectivity index is 4.33. The number of hydrogen-bond donors (Lipinski definition) is 3. The summed E-state index contributed by atoms with van der Waals surface area (Å²) in [6, 6.07) is 0. The van der Waals surface area contributed by atoms with E-state index in [1.165, 1.54) is 7.11 Å². The Morgan fingerprint density at radius 1 is 1.14 bits per heavy atom. The smallest absolute Gasteiger partial charge is 0.306 e. The van der Waals surface area contributed by atoms with E-state index in [2.05, 4.69) is 14.2 Å². The molecule has 0 aliphatic heterocycles. The molecule has 0 aromatic heterocycles. The lowest BCUT2D eigenvalue weighted by molar-refractivity contribution is -0.155. The van der Waals surface area contributed by atoms with Gasteiger partial charge in [0.1, 0.15) is 19.0 Å². The van der Waals surface area contributed by atoms with Crippen LogP contribution in [-0.2, 0) is 28.6 Å². The fourth-order valence-corrected chi connectivity index (χ4v) is 1.29. The van der Waals surface area contributed by atoms with Crippen molar-refractivity contribution in [1.82, 2.24) is 0 Å². The highest BCUT2D eigenvalue weighted by atomic mass is 16.6. The first kappa shape index (κ1) is 18.9. The molecule has 2 unspecified atom stereocenters. The molecule has 120 valence electrons. The van der Waals surface area contributed by atoms with E-state index in [1.807, 2.05) is 0 Å². The SMILES string of the molecule is COC(=O)CCC(=O)OCC(O)C(OC)C(=O)/C(O)=C/O. The van der Waals surface area contributed by atoms with Crippen molar-refractivity contribution in [1.29, 1.82) is 0 Å². The number of aliphatic hydroxyl groups excluding tert-OH is 3. The van der Waals surface area contributed by atoms with Crippen molar-refractivity contribution < 1.29 is 43.9 Å². The lowest BCUT2D eigenvalue weighted by atomic mass is 10.1. The molecule has 0 amide bonds. The Morgan fingerprint density at radius 2 is 1.71 bits per heavy atom. The molecule has 0 saturated carbocycles. The third kappa shape index (κ3) is 6.72. The van der Waals surface area contributed by atoms with Crippen molar-refractivity contribution >= 4 is 17.7 Å². The summed E-state index contributed by atoms with van der Waals surface area (Å²) in [5.41, 5.74) is 0. The summed E-state index contributed by atoms with van der Waals surface area (Å²) in [6.45, 7) is -0.580. The summed E-state index contributed by atoms with van der Waals surface area (Å²) in [7, 11) is 2.27. The van der Waals surface area contributed by atoms with Gasteiger partial charge < -0.3 is 29.5 Å². The Labute approximate surface area is 120 Å². The van der Waals surface area contributed by atoms with Gasteiger partial charge in [0.25, 0.3) is 0 Å². The Morgan fingerprint density at radius 3 is 2.19 bits per heavy atom. The fourth-order valence-electron chi connectivity index (χ4n) is 1.29. The maximum Gasteiger partial charge on any atom is 0.306 e. The molecular formula is C12H18O9. The van der Waals surface area contributed by atoms with Crippen molar-refractivity contribution in [3.63, 3.8) is 0 Å². The number of ether oxygens (including phenoxy) is 3. The van der Waals surface area contributed by atoms with Gasteiger partial charge in [-0.15, -0.1) is 0 Å². The van der Waals surface area contributed by atoms with E-state index in [0.717, 1.165) is 7.11 Å². The van der Waals surface area contributed by atoms with Crippen molar-refractivity contribution in [2.75, 3.05) is 20.8 Å². The van der Waals surface area contributed by atoms with Crippen LogP contribution >= 0.6 is 0 Å². The summed E-state index contributed by atoms with van der Waals surface area (Å²) in [5.74, 6) is -3.44. The van der Waals surface area contributed by atoms with Gasteiger partial charge in [0.05, 0.1) is 20.0 Å². The quantitative estimate of drug-likeness (QED) is 0.289. The molecule has 0 rings (SSSR count). The van der Waals surface area contributed by atoms with Crippen molar-refractivity contribution in [2.45, 2.75) is 25.0 Å². The minimum absolute atomic E-state index is 0.156. The molecule has 0 saturated heterocycles. The topological polar surface area (TPSA) is 140 Å². The van der Waals surface area contributed by atoms with E-state index in [0.29, 0.717) is 0 Å². The third-order valence-electron chi connectivity index (χ3n) is 2.41. The molecule has 0 aliphatic carbocycles. The molecule has 0 aromatic carbocycles. The van der Waals surface area contributed by atoms with Crippen LogP contribution in [0.25, 0.3) is 0 Å². The Kier molecular flexibility index (Phi) is 8.74. The highest BCUT2D eigenvalue weighted by Gasteiger charge is 2.30. The van der Waals surface area contributed by atoms with Crippen LogP contribution in [0.2, 0.25) is 0 Å². The van der Waals surface area contributed by atoms with E-state index in [9.17, 15) is 19.5 Å². The van der Waals surface area contributed by atoms with E-state index in [4.69, 9.17) is 10.2 Å². The Bertz CT molecular complexity index is 402. The fraction of sp³-hybridized carbons (Fsp3) is 0.583. The molecule has 0 radical (unpaired) electrons. The van der Waals surface area contributed by atoms with Crippen LogP contribution < -0.4 is 0 Å². The van der Waals surface area contributed by atoms with Crippen molar-refractivity contribution in [2.24, 2.45) is 0 Å². The molecular weight excluding hydrogens is 288 g/mol. The molecule has 2 atom stereocenters. The summed E-state index contributed by atoms with van der Waals surface area (Å²) < 4.78 is 13.7. The van der Waals surface area contributed by atoms with Crippen LogP contribution in [0.1, 0.15) is 12.8 Å². The maximum atomic E-state index is 11.5. The molecule has 0 aliphatic rings. The molecule has 0 aromatic rings.